The molecule has 0 amide bonds. The van der Waals surface area contributed by atoms with Gasteiger partial charge in [-0.2, -0.15) is 0 Å². The Kier molecular flexibility index (Phi) is 2.38. The van der Waals surface area contributed by atoms with Crippen LogP contribution in [0.5, 0.6) is 0 Å². The van der Waals surface area contributed by atoms with Gasteiger partial charge in [-0.1, -0.05) is 75.7 Å². The zero-order chi connectivity index (χ0) is 9.54. The van der Waals surface area contributed by atoms with Gasteiger partial charge in [0.2, 0.25) is 0 Å². The molecule has 3 fully saturated rings. The summed E-state index contributed by atoms with van der Waals surface area (Å²) in [5.41, 5.74) is 0. The van der Waals surface area contributed by atoms with Crippen molar-refractivity contribution in [2.24, 2.45) is 5.92 Å². The van der Waals surface area contributed by atoms with E-state index in [1.54, 1.807) is 44.9 Å². The van der Waals surface area contributed by atoms with Crippen LogP contribution < -0.4 is 0 Å². The summed E-state index contributed by atoms with van der Waals surface area (Å²) in [6.45, 7) is 3.67. The lowest BCUT2D eigenvalue weighted by Gasteiger charge is -2.50. The zero-order valence-corrected chi connectivity index (χ0v) is 9.54. The molecule has 14 heavy (non-hydrogen) atoms. The van der Waals surface area contributed by atoms with E-state index in [9.17, 15) is 0 Å². The average Bonchev–Trinajstić information content (AvgIpc) is 2.15. The normalized spacial score (nSPS) is 47.4. The summed E-state index contributed by atoms with van der Waals surface area (Å²) in [7, 11) is 0. The predicted octanol–water partition coefficient (Wildman–Crippen LogP) is 4.39. The molecule has 2 unspecified atom stereocenters. The lowest BCUT2D eigenvalue weighted by Crippen LogP contribution is -2.43. The molecule has 0 N–H and O–H groups in total. The van der Waals surface area contributed by atoms with E-state index in [1.165, 1.54) is 13.1 Å². The summed E-state index contributed by atoms with van der Waals surface area (Å²) in [6, 6.07) is 0. The molecule has 2 aliphatic heterocycles. The molecule has 3 rings (SSSR count). The molecule has 0 spiro atoms. The van der Waals surface area contributed by atoms with Crippen molar-refractivity contribution in [3.8, 4) is 0 Å². The molecule has 0 radical (unpaired) electrons. The molecule has 0 aromatic carbocycles. The maximum Gasteiger partial charge on any atom is 0.149 e. The Morgan fingerprint density at radius 3 is 1.71 bits per heavy atom. The van der Waals surface area contributed by atoms with Gasteiger partial charge >= 0.3 is 0 Å². The van der Waals surface area contributed by atoms with Crippen LogP contribution in [-0.4, -0.2) is 6.71 Å². The van der Waals surface area contributed by atoms with Crippen molar-refractivity contribution in [1.29, 1.82) is 0 Å². The molecule has 2 atom stereocenters. The van der Waals surface area contributed by atoms with Crippen LogP contribution in [0.4, 0.5) is 0 Å². The van der Waals surface area contributed by atoms with Gasteiger partial charge in [-0.15, -0.1) is 0 Å². The van der Waals surface area contributed by atoms with E-state index < -0.39 is 0 Å². The van der Waals surface area contributed by atoms with Crippen LogP contribution in [-0.2, 0) is 0 Å². The molecule has 0 nitrogen and oxygen atoms in total. The monoisotopic (exact) mass is 190 g/mol. The van der Waals surface area contributed by atoms with Gasteiger partial charge in [0.1, 0.15) is 6.71 Å². The van der Waals surface area contributed by atoms with E-state index in [0.29, 0.717) is 0 Å². The Bertz CT molecular complexity index is 189. The van der Waals surface area contributed by atoms with E-state index >= 15 is 0 Å². The van der Waals surface area contributed by atoms with Gasteiger partial charge in [0, 0.05) is 0 Å². The second-order valence-electron chi connectivity index (χ2n) is 6.18. The van der Waals surface area contributed by atoms with Crippen LogP contribution in [0.2, 0.25) is 17.5 Å². The van der Waals surface area contributed by atoms with E-state index in [-0.39, 0.29) is 0 Å². The molecule has 0 aromatic heterocycles. The first-order valence-electron chi connectivity index (χ1n) is 6.86. The maximum absolute atomic E-state index is 2.50. The van der Waals surface area contributed by atoms with Crippen molar-refractivity contribution < 1.29 is 0 Å². The lowest BCUT2D eigenvalue weighted by atomic mass is 9.19. The fourth-order valence-electron chi connectivity index (χ4n) is 4.69. The predicted molar refractivity (Wildman–Crippen MR) is 63.1 cm³/mol. The van der Waals surface area contributed by atoms with Crippen molar-refractivity contribution in [3.63, 3.8) is 0 Å². The van der Waals surface area contributed by atoms with Gasteiger partial charge in [0.15, 0.2) is 0 Å². The molecule has 2 bridgehead atoms. The molecule has 3 aliphatic rings. The third kappa shape index (κ3) is 1.35. The maximum atomic E-state index is 2.50. The second-order valence-corrected chi connectivity index (χ2v) is 6.18. The third-order valence-corrected chi connectivity index (χ3v) is 5.57. The minimum Gasteiger partial charge on any atom is -0.0629 e. The molecule has 2 saturated heterocycles. The first-order chi connectivity index (χ1) is 6.86. The van der Waals surface area contributed by atoms with Gasteiger partial charge in [0.05, 0.1) is 0 Å². The number of fused-ring (bicyclic) bond motifs is 2. The Morgan fingerprint density at radius 2 is 1.36 bits per heavy atom. The Morgan fingerprint density at radius 1 is 0.786 bits per heavy atom. The summed E-state index contributed by atoms with van der Waals surface area (Å²) in [6.07, 6.45) is 12.5. The van der Waals surface area contributed by atoms with Gasteiger partial charge in [-0.3, -0.25) is 0 Å². The van der Waals surface area contributed by atoms with Crippen LogP contribution in [0.15, 0.2) is 0 Å². The van der Waals surface area contributed by atoms with Crippen molar-refractivity contribution >= 4 is 6.71 Å². The Labute approximate surface area is 88.9 Å². The van der Waals surface area contributed by atoms with Gasteiger partial charge < -0.3 is 0 Å². The standard InChI is InChI=1S/C13H23B/c1-10-8-9-13(10)14-11-4-2-5-12(14)7-3-6-11/h10-13H,2-9H2,1H3. The number of hydrogen-bond donors (Lipinski definition) is 0. The van der Waals surface area contributed by atoms with Crippen molar-refractivity contribution in [2.75, 3.05) is 0 Å². The summed E-state index contributed by atoms with van der Waals surface area (Å²) in [5.74, 6) is 4.51. The summed E-state index contributed by atoms with van der Waals surface area (Å²) in [4.78, 5) is 0. The van der Waals surface area contributed by atoms with Gasteiger partial charge in [0.25, 0.3) is 0 Å². The molecular weight excluding hydrogens is 167 g/mol. The van der Waals surface area contributed by atoms with E-state index in [0.717, 1.165) is 23.4 Å². The topological polar surface area (TPSA) is 0 Å². The highest BCUT2D eigenvalue weighted by molar-refractivity contribution is 6.64. The summed E-state index contributed by atoms with van der Waals surface area (Å²) >= 11 is 0. The molecule has 1 heteroatoms. The average molecular weight is 190 g/mol. The van der Waals surface area contributed by atoms with Crippen LogP contribution in [0.25, 0.3) is 0 Å². The van der Waals surface area contributed by atoms with Crippen LogP contribution in [0.1, 0.15) is 58.3 Å². The molecule has 78 valence electrons. The Balaban J connectivity index is 1.75. The fourth-order valence-corrected chi connectivity index (χ4v) is 4.69. The van der Waals surface area contributed by atoms with Gasteiger partial charge in [-0.05, 0) is 5.92 Å². The minimum absolute atomic E-state index is 1.07. The third-order valence-electron chi connectivity index (χ3n) is 5.57. The number of rotatable bonds is 1. The fraction of sp³-hybridized carbons (Fsp3) is 1.00. The van der Waals surface area contributed by atoms with Crippen LogP contribution >= 0.6 is 0 Å². The van der Waals surface area contributed by atoms with Crippen molar-refractivity contribution in [1.82, 2.24) is 0 Å². The molecule has 1 saturated carbocycles. The molecule has 1 aliphatic carbocycles. The minimum atomic E-state index is 1.07. The molecule has 0 aromatic rings. The smallest absolute Gasteiger partial charge is 0.0629 e. The molecular formula is C13H23B. The number of hydrogen-bond acceptors (Lipinski definition) is 0. The van der Waals surface area contributed by atoms with Gasteiger partial charge in [-0.25, -0.2) is 0 Å². The quantitative estimate of drug-likeness (QED) is 0.538. The first-order valence-corrected chi connectivity index (χ1v) is 6.86. The second kappa shape index (κ2) is 3.57. The van der Waals surface area contributed by atoms with Crippen molar-refractivity contribution in [2.45, 2.75) is 75.7 Å². The first kappa shape index (κ1) is 9.30. The Hall–Kier alpha value is 0.0649. The highest BCUT2D eigenvalue weighted by Crippen LogP contribution is 2.56. The largest absolute Gasteiger partial charge is 0.149 e. The van der Waals surface area contributed by atoms with E-state index in [4.69, 9.17) is 0 Å². The highest BCUT2D eigenvalue weighted by atomic mass is 14.3. The molecule has 2 heterocycles. The SMILES string of the molecule is CC1CCC1B1C2CCCC1CCC2. The van der Waals surface area contributed by atoms with Crippen LogP contribution in [0, 0.1) is 5.92 Å². The van der Waals surface area contributed by atoms with E-state index in [2.05, 4.69) is 6.92 Å². The van der Waals surface area contributed by atoms with Crippen LogP contribution in [0.3, 0.4) is 0 Å². The summed E-state index contributed by atoms with van der Waals surface area (Å²) in [5, 5.41) is 0. The van der Waals surface area contributed by atoms with E-state index in [1.807, 2.05) is 0 Å². The zero-order valence-electron chi connectivity index (χ0n) is 9.54. The van der Waals surface area contributed by atoms with Crippen molar-refractivity contribution in [3.05, 3.63) is 0 Å². The highest BCUT2D eigenvalue weighted by Gasteiger charge is 2.47. The lowest BCUT2D eigenvalue weighted by molar-refractivity contribution is 0.314. The summed E-state index contributed by atoms with van der Waals surface area (Å²) < 4.78 is 0.